The maximum atomic E-state index is 11.9. The zero-order chi connectivity index (χ0) is 17.5. The Hall–Kier alpha value is -3.23. The number of amides is 1. The Morgan fingerprint density at radius 2 is 1.96 bits per heavy atom. The van der Waals surface area contributed by atoms with Crippen molar-refractivity contribution < 1.29 is 19.6 Å². The van der Waals surface area contributed by atoms with Gasteiger partial charge in [-0.25, -0.2) is 0 Å². The van der Waals surface area contributed by atoms with Gasteiger partial charge < -0.3 is 10.4 Å². The summed E-state index contributed by atoms with van der Waals surface area (Å²) >= 11 is 0. The summed E-state index contributed by atoms with van der Waals surface area (Å²) in [5, 5.41) is 25.7. The van der Waals surface area contributed by atoms with E-state index in [1.807, 2.05) is 0 Å². The molecule has 24 heavy (non-hydrogen) atoms. The second kappa shape index (κ2) is 7.86. The molecule has 2 aromatic rings. The molecule has 0 saturated carbocycles. The Labute approximate surface area is 137 Å². The molecule has 0 atom stereocenters. The van der Waals surface area contributed by atoms with E-state index >= 15 is 0 Å². The van der Waals surface area contributed by atoms with Crippen LogP contribution in [0.25, 0.3) is 0 Å². The number of carboxylic acids is 1. The van der Waals surface area contributed by atoms with Crippen LogP contribution in [0.15, 0.2) is 36.7 Å². The van der Waals surface area contributed by atoms with Crippen molar-refractivity contribution in [2.45, 2.75) is 25.8 Å². The van der Waals surface area contributed by atoms with E-state index in [1.165, 1.54) is 10.9 Å². The minimum absolute atomic E-state index is 0.0573. The molecule has 2 rings (SSSR count). The highest BCUT2D eigenvalue weighted by Gasteiger charge is 2.10. The van der Waals surface area contributed by atoms with Crippen molar-refractivity contribution in [3.8, 4) is 0 Å². The fraction of sp³-hybridized carbons (Fsp3) is 0.267. The molecule has 0 fully saturated rings. The Morgan fingerprint density at radius 3 is 2.54 bits per heavy atom. The monoisotopic (exact) mass is 332 g/mol. The summed E-state index contributed by atoms with van der Waals surface area (Å²) in [7, 11) is 0. The van der Waals surface area contributed by atoms with Crippen molar-refractivity contribution in [2.75, 3.05) is 5.32 Å². The van der Waals surface area contributed by atoms with Gasteiger partial charge in [-0.15, -0.1) is 0 Å². The molecule has 0 radical (unpaired) electrons. The summed E-state index contributed by atoms with van der Waals surface area (Å²) in [6.07, 6.45) is 3.02. The first-order chi connectivity index (χ1) is 11.4. The normalized spacial score (nSPS) is 10.3. The number of aryl methyl sites for hydroxylation is 2. The lowest BCUT2D eigenvalue weighted by atomic mass is 10.1. The number of nitro groups is 1. The first kappa shape index (κ1) is 17.1. The minimum Gasteiger partial charge on any atom is -0.481 e. The number of benzene rings is 1. The van der Waals surface area contributed by atoms with Gasteiger partial charge in [-0.3, -0.25) is 24.4 Å². The van der Waals surface area contributed by atoms with Crippen LogP contribution in [0.5, 0.6) is 0 Å². The van der Waals surface area contributed by atoms with Gasteiger partial charge in [0.2, 0.25) is 5.91 Å². The summed E-state index contributed by atoms with van der Waals surface area (Å²) in [4.78, 5) is 32.4. The van der Waals surface area contributed by atoms with Crippen LogP contribution in [0.2, 0.25) is 0 Å². The van der Waals surface area contributed by atoms with E-state index in [2.05, 4.69) is 10.4 Å². The molecule has 126 valence electrons. The molecule has 0 unspecified atom stereocenters. The Bertz CT molecular complexity index is 739. The number of aliphatic carboxylic acids is 1. The van der Waals surface area contributed by atoms with Gasteiger partial charge in [-0.05, 0) is 24.1 Å². The van der Waals surface area contributed by atoms with Gasteiger partial charge in [-0.2, -0.15) is 5.10 Å². The third-order valence-electron chi connectivity index (χ3n) is 3.26. The van der Waals surface area contributed by atoms with Crippen molar-refractivity contribution >= 4 is 23.3 Å². The van der Waals surface area contributed by atoms with Crippen LogP contribution < -0.4 is 5.32 Å². The molecule has 0 aliphatic carbocycles. The van der Waals surface area contributed by atoms with Crippen molar-refractivity contribution in [3.05, 3.63) is 52.3 Å². The van der Waals surface area contributed by atoms with E-state index in [0.29, 0.717) is 12.1 Å². The van der Waals surface area contributed by atoms with Crippen LogP contribution in [-0.2, 0) is 22.6 Å². The van der Waals surface area contributed by atoms with Crippen LogP contribution in [0.1, 0.15) is 18.4 Å². The number of rotatable bonds is 8. The number of carbonyl (C=O) groups is 2. The lowest BCUT2D eigenvalue weighted by molar-refractivity contribution is -0.385. The zero-order valence-electron chi connectivity index (χ0n) is 12.7. The summed E-state index contributed by atoms with van der Waals surface area (Å²) in [5.74, 6) is -1.10. The molecular formula is C15H16N4O5. The third-order valence-corrected chi connectivity index (χ3v) is 3.26. The summed E-state index contributed by atoms with van der Waals surface area (Å²) in [6, 6.07) is 6.92. The molecule has 0 aliphatic heterocycles. The predicted molar refractivity (Wildman–Crippen MR) is 84.5 cm³/mol. The molecule has 9 nitrogen and oxygen atoms in total. The van der Waals surface area contributed by atoms with Crippen LogP contribution in [-0.4, -0.2) is 31.7 Å². The van der Waals surface area contributed by atoms with E-state index in [-0.39, 0.29) is 31.0 Å². The minimum atomic E-state index is -0.855. The maximum Gasteiger partial charge on any atom is 0.306 e. The lowest BCUT2D eigenvalue weighted by Gasteiger charge is -2.06. The maximum absolute atomic E-state index is 11.9. The quantitative estimate of drug-likeness (QED) is 0.561. The lowest BCUT2D eigenvalue weighted by Crippen LogP contribution is -2.14. The largest absolute Gasteiger partial charge is 0.481 e. The van der Waals surface area contributed by atoms with Crippen molar-refractivity contribution in [2.24, 2.45) is 0 Å². The van der Waals surface area contributed by atoms with E-state index in [1.54, 1.807) is 24.3 Å². The zero-order valence-corrected chi connectivity index (χ0v) is 12.7. The van der Waals surface area contributed by atoms with Crippen LogP contribution in [0, 0.1) is 10.1 Å². The number of hydrogen-bond donors (Lipinski definition) is 2. The highest BCUT2D eigenvalue weighted by molar-refractivity contribution is 5.90. The number of anilines is 1. The van der Waals surface area contributed by atoms with Gasteiger partial charge in [0.1, 0.15) is 12.4 Å². The summed E-state index contributed by atoms with van der Waals surface area (Å²) < 4.78 is 1.34. The Balaban J connectivity index is 1.81. The molecule has 0 bridgehead atoms. The number of nitrogens with one attached hydrogen (secondary N) is 1. The first-order valence-corrected chi connectivity index (χ1v) is 7.21. The van der Waals surface area contributed by atoms with Gasteiger partial charge in [0.05, 0.1) is 4.92 Å². The van der Waals surface area contributed by atoms with Gasteiger partial charge in [0.25, 0.3) is 0 Å². The number of nitrogens with zero attached hydrogens (tertiary/aromatic N) is 3. The third kappa shape index (κ3) is 5.20. The number of carboxylic acid groups (broad SMARTS) is 1. The average Bonchev–Trinajstić information content (AvgIpc) is 3.01. The molecule has 9 heteroatoms. The van der Waals surface area contributed by atoms with Crippen LogP contribution in [0.3, 0.4) is 0 Å². The average molecular weight is 332 g/mol. The highest BCUT2D eigenvalue weighted by Crippen LogP contribution is 2.12. The fourth-order valence-corrected chi connectivity index (χ4v) is 2.01. The molecular weight excluding hydrogens is 316 g/mol. The Kier molecular flexibility index (Phi) is 5.61. The van der Waals surface area contributed by atoms with Gasteiger partial charge in [0, 0.05) is 25.1 Å². The predicted octanol–water partition coefficient (Wildman–Crippen LogP) is 1.84. The molecule has 0 spiro atoms. The SMILES string of the molecule is O=C(O)CCc1ccc(NC(=O)CCn2cc([N+](=O)[O-])cn2)cc1. The number of carbonyl (C=O) groups excluding carboxylic acids is 1. The molecule has 1 aromatic heterocycles. The second-order valence-electron chi connectivity index (χ2n) is 5.11. The summed E-state index contributed by atoms with van der Waals surface area (Å²) in [6.45, 7) is 0.233. The van der Waals surface area contributed by atoms with Crippen molar-refractivity contribution in [1.82, 2.24) is 9.78 Å². The second-order valence-corrected chi connectivity index (χ2v) is 5.11. The van der Waals surface area contributed by atoms with Crippen molar-refractivity contribution in [3.63, 3.8) is 0 Å². The van der Waals surface area contributed by atoms with E-state index < -0.39 is 10.9 Å². The van der Waals surface area contributed by atoms with Gasteiger partial charge in [0.15, 0.2) is 0 Å². The number of hydrogen-bond acceptors (Lipinski definition) is 5. The highest BCUT2D eigenvalue weighted by atomic mass is 16.6. The molecule has 1 amide bonds. The van der Waals surface area contributed by atoms with E-state index in [0.717, 1.165) is 11.8 Å². The topological polar surface area (TPSA) is 127 Å². The summed E-state index contributed by atoms with van der Waals surface area (Å²) in [5.41, 5.74) is 1.36. The van der Waals surface area contributed by atoms with Crippen LogP contribution >= 0.6 is 0 Å². The molecule has 1 heterocycles. The molecule has 0 saturated heterocycles. The Morgan fingerprint density at radius 1 is 1.25 bits per heavy atom. The smallest absolute Gasteiger partial charge is 0.306 e. The van der Waals surface area contributed by atoms with E-state index in [4.69, 9.17) is 5.11 Å². The molecule has 0 aliphatic rings. The van der Waals surface area contributed by atoms with Crippen molar-refractivity contribution in [1.29, 1.82) is 0 Å². The van der Waals surface area contributed by atoms with Crippen LogP contribution in [0.4, 0.5) is 11.4 Å². The fourth-order valence-electron chi connectivity index (χ4n) is 2.01. The first-order valence-electron chi connectivity index (χ1n) is 7.21. The van der Waals surface area contributed by atoms with Gasteiger partial charge in [-0.1, -0.05) is 12.1 Å². The van der Waals surface area contributed by atoms with Gasteiger partial charge >= 0.3 is 11.7 Å². The standard InChI is InChI=1S/C15H16N4O5/c20-14(7-8-18-10-13(9-16-18)19(23)24)17-12-4-1-11(2-5-12)3-6-15(21)22/h1-2,4-5,9-10H,3,6-8H2,(H,17,20)(H,21,22). The van der Waals surface area contributed by atoms with E-state index in [9.17, 15) is 19.7 Å². The number of aromatic nitrogens is 2. The molecule has 1 aromatic carbocycles. The molecule has 2 N–H and O–H groups in total.